The fourth-order valence-electron chi connectivity index (χ4n) is 6.74. The number of imidazole rings is 1. The van der Waals surface area contributed by atoms with Crippen molar-refractivity contribution in [1.29, 1.82) is 0 Å². The Kier molecular flexibility index (Phi) is 8.82. The lowest BCUT2D eigenvalue weighted by atomic mass is 10.1. The lowest BCUT2D eigenvalue weighted by molar-refractivity contribution is -0.199. The summed E-state index contributed by atoms with van der Waals surface area (Å²) >= 11 is 24.6. The van der Waals surface area contributed by atoms with Crippen LogP contribution in [0.4, 0.5) is 0 Å². The third-order valence-corrected chi connectivity index (χ3v) is 11.8. The van der Waals surface area contributed by atoms with E-state index in [-0.39, 0.29) is 28.4 Å². The van der Waals surface area contributed by atoms with Gasteiger partial charge in [0.05, 0.1) is 31.7 Å². The van der Waals surface area contributed by atoms with E-state index in [1.807, 2.05) is 0 Å². The van der Waals surface area contributed by atoms with Crippen LogP contribution in [0.5, 0.6) is 0 Å². The highest BCUT2D eigenvalue weighted by Crippen LogP contribution is 2.61. The maximum absolute atomic E-state index is 13.1. The summed E-state index contributed by atoms with van der Waals surface area (Å²) in [6.07, 6.45) is -4.03. The maximum Gasteiger partial charge on any atom is 0.481 e. The van der Waals surface area contributed by atoms with Crippen molar-refractivity contribution in [3.8, 4) is 0 Å². The summed E-state index contributed by atoms with van der Waals surface area (Å²) in [5.41, 5.74) is -0.0122. The molecule has 10 atom stereocenters. The minimum atomic E-state index is -5.21. The molecule has 2 aromatic rings. The Morgan fingerprint density at radius 1 is 0.979 bits per heavy atom. The number of phosphoric ester groups is 2. The molecule has 2 aromatic heterocycles. The second kappa shape index (κ2) is 11.9. The molecule has 266 valence electrons. The second-order valence-corrected chi connectivity index (χ2v) is 18.3. The summed E-state index contributed by atoms with van der Waals surface area (Å²) in [7, 11) is -10.4. The molecular weight excluding hydrogens is 770 g/mol. The monoisotopic (exact) mass is 797 g/mol. The standard InChI is InChI=1S/C24H29Cl4N5O13P2/c1-22(2)42-13-9-5-10(14(13)43-22)33-18(30-20(34)24(26,27)28)12-17(31-21(33)25)32(8-29-12)19-16-15(44-23(3,4)45-16)11(41-19)7-40-48(37,38)46-47(35,36)39-6-9/h8-11,13-16,19H,5-7H2,1-4H3,(H,35,36)(H,37,38)/t9-,10-,11-,13-,14+,15-,16-,19-/m1/s1. The van der Waals surface area contributed by atoms with Crippen molar-refractivity contribution >= 4 is 79.1 Å². The number of rotatable bonds is 0. The van der Waals surface area contributed by atoms with Crippen molar-refractivity contribution < 1.29 is 60.8 Å². The van der Waals surface area contributed by atoms with Gasteiger partial charge in [0.25, 0.3) is 9.70 Å². The van der Waals surface area contributed by atoms with Gasteiger partial charge in [-0.1, -0.05) is 34.8 Å². The van der Waals surface area contributed by atoms with Crippen LogP contribution in [0.2, 0.25) is 5.28 Å². The first-order valence-electron chi connectivity index (χ1n) is 14.5. The van der Waals surface area contributed by atoms with Crippen molar-refractivity contribution in [2.75, 3.05) is 13.2 Å². The van der Waals surface area contributed by atoms with Crippen molar-refractivity contribution in [2.24, 2.45) is 10.9 Å². The summed E-state index contributed by atoms with van der Waals surface area (Å²) in [5.74, 6) is -4.12. The van der Waals surface area contributed by atoms with Crippen LogP contribution in [-0.2, 0) is 51.0 Å². The van der Waals surface area contributed by atoms with Gasteiger partial charge in [0.2, 0.25) is 5.28 Å². The predicted molar refractivity (Wildman–Crippen MR) is 163 cm³/mol. The molecule has 7 heterocycles. The first-order valence-corrected chi connectivity index (χ1v) is 19.0. The van der Waals surface area contributed by atoms with E-state index in [9.17, 15) is 23.7 Å². The zero-order valence-corrected chi connectivity index (χ0v) is 30.2. The first kappa shape index (κ1) is 35.6. The van der Waals surface area contributed by atoms with Crippen LogP contribution in [0.25, 0.3) is 11.2 Å². The van der Waals surface area contributed by atoms with E-state index in [2.05, 4.69) is 19.3 Å². The number of ether oxygens (including phenoxy) is 5. The number of nitrogens with zero attached hydrogens (tertiary/aromatic N) is 5. The minimum absolute atomic E-state index is 0.0451. The number of carbonyl (C=O) groups excluding carboxylic acids is 1. The van der Waals surface area contributed by atoms with E-state index >= 15 is 0 Å². The molecular formula is C24H29Cl4N5O13P2. The molecule has 4 fully saturated rings. The van der Waals surface area contributed by atoms with E-state index in [0.717, 1.165) is 0 Å². The Labute approximate surface area is 291 Å². The minimum Gasteiger partial charge on any atom is -0.347 e. The quantitative estimate of drug-likeness (QED) is 0.222. The molecule has 1 amide bonds. The van der Waals surface area contributed by atoms with E-state index in [1.165, 1.54) is 15.5 Å². The van der Waals surface area contributed by atoms with Gasteiger partial charge in [0.15, 0.2) is 34.5 Å². The number of carbonyl (C=O) groups is 1. The fourth-order valence-corrected chi connectivity index (χ4v) is 9.29. The SMILES string of the molecule is CC1(C)O[C@@H]2[C@H]3COP(=O)(O)OP(=O)(O)OC[C@H]4O[C@H]([C@@H]5OC(C)(C)O[C@@H]54)n4cnc5c(=NC(=O)C(Cl)(Cl)Cl)n(c(Cl)nc54)[C@H](C3)[C@@H]2O1. The molecule has 48 heavy (non-hydrogen) atoms. The van der Waals surface area contributed by atoms with Crippen LogP contribution in [0, 0.1) is 5.92 Å². The Hall–Kier alpha value is -0.760. The van der Waals surface area contributed by atoms with Gasteiger partial charge in [-0.05, 0) is 45.7 Å². The third kappa shape index (κ3) is 6.55. The Morgan fingerprint density at radius 3 is 2.25 bits per heavy atom. The maximum atomic E-state index is 13.1. The number of halogens is 4. The molecule has 24 heteroatoms. The number of amides is 1. The number of aromatic nitrogens is 4. The number of hydrogen-bond acceptors (Lipinski definition) is 13. The number of fused-ring (bicyclic) bond motifs is 9. The van der Waals surface area contributed by atoms with Gasteiger partial charge in [-0.2, -0.15) is 14.3 Å². The first-order chi connectivity index (χ1) is 22.1. The van der Waals surface area contributed by atoms with Crippen molar-refractivity contribution in [3.05, 3.63) is 17.1 Å². The van der Waals surface area contributed by atoms with E-state index < -0.39 is 98.8 Å². The van der Waals surface area contributed by atoms with E-state index in [0.29, 0.717) is 0 Å². The lowest BCUT2D eigenvalue weighted by Crippen LogP contribution is -2.36. The Morgan fingerprint density at radius 2 is 1.58 bits per heavy atom. The molecule has 0 aromatic carbocycles. The molecule has 0 radical (unpaired) electrons. The summed E-state index contributed by atoms with van der Waals surface area (Å²) in [6.45, 7) is 5.47. The van der Waals surface area contributed by atoms with Crippen LogP contribution in [-0.4, -0.2) is 93.9 Å². The zero-order valence-electron chi connectivity index (χ0n) is 25.3. The van der Waals surface area contributed by atoms with Gasteiger partial charge >= 0.3 is 15.6 Å². The molecule has 1 saturated carbocycles. The fraction of sp³-hybridized carbons (Fsp3) is 0.750. The van der Waals surface area contributed by atoms with Crippen LogP contribution < -0.4 is 5.49 Å². The van der Waals surface area contributed by atoms with Gasteiger partial charge < -0.3 is 33.5 Å². The average molecular weight is 799 g/mol. The van der Waals surface area contributed by atoms with E-state index in [4.69, 9.17) is 79.1 Å². The highest BCUT2D eigenvalue weighted by molar-refractivity contribution is 7.61. The molecule has 8 bridgehead atoms. The van der Waals surface area contributed by atoms with E-state index in [1.54, 1.807) is 27.7 Å². The number of phosphoric acid groups is 2. The molecule has 5 aliphatic heterocycles. The molecule has 2 N–H and O–H groups in total. The molecule has 8 rings (SSSR count). The van der Waals surface area contributed by atoms with Crippen molar-refractivity contribution in [2.45, 2.75) is 92.3 Å². The average Bonchev–Trinajstić information content (AvgIpc) is 3.71. The lowest BCUT2D eigenvalue weighted by Gasteiger charge is -2.27. The summed E-state index contributed by atoms with van der Waals surface area (Å²) in [4.78, 5) is 47.2. The zero-order chi connectivity index (χ0) is 34.8. The molecule has 0 spiro atoms. The Bertz CT molecular complexity index is 1830. The molecule has 3 saturated heterocycles. The summed E-state index contributed by atoms with van der Waals surface area (Å²) in [6, 6.07) is -0.809. The predicted octanol–water partition coefficient (Wildman–Crippen LogP) is 3.45. The van der Waals surface area contributed by atoms with Crippen molar-refractivity contribution in [1.82, 2.24) is 19.1 Å². The molecule has 2 unspecified atom stereocenters. The van der Waals surface area contributed by atoms with Crippen LogP contribution in [0.3, 0.4) is 0 Å². The van der Waals surface area contributed by atoms with Crippen LogP contribution >= 0.6 is 62.0 Å². The molecule has 6 aliphatic rings. The van der Waals surface area contributed by atoms with Crippen LogP contribution in [0.1, 0.15) is 46.4 Å². The van der Waals surface area contributed by atoms with Gasteiger partial charge in [-0.3, -0.25) is 23.0 Å². The molecule has 18 nitrogen and oxygen atoms in total. The van der Waals surface area contributed by atoms with Gasteiger partial charge in [-0.25, -0.2) is 14.1 Å². The normalized spacial score (nSPS) is 41.1. The van der Waals surface area contributed by atoms with Gasteiger partial charge in [0, 0.05) is 5.92 Å². The number of alkyl halides is 3. The van der Waals surface area contributed by atoms with Gasteiger partial charge in [-0.15, -0.1) is 0 Å². The third-order valence-electron chi connectivity index (χ3n) is 8.40. The summed E-state index contributed by atoms with van der Waals surface area (Å²) in [5, 5.41) is -0.185. The molecule has 1 aliphatic carbocycles. The van der Waals surface area contributed by atoms with Crippen LogP contribution in [0.15, 0.2) is 11.3 Å². The largest absolute Gasteiger partial charge is 0.481 e. The Balaban J connectivity index is 1.43. The van der Waals surface area contributed by atoms with Gasteiger partial charge in [0.1, 0.15) is 24.4 Å². The topological polar surface area (TPSA) is 214 Å². The second-order valence-electron chi connectivity index (χ2n) is 12.7. The highest BCUT2D eigenvalue weighted by Gasteiger charge is 2.58. The summed E-state index contributed by atoms with van der Waals surface area (Å²) < 4.78 is 71.6. The highest BCUT2D eigenvalue weighted by atomic mass is 35.6. The number of hydrogen-bond donors (Lipinski definition) is 2. The smallest absolute Gasteiger partial charge is 0.347 e. The van der Waals surface area contributed by atoms with Crippen molar-refractivity contribution in [3.63, 3.8) is 0 Å².